The number of pyridine rings is 1. The molecule has 0 amide bonds. The summed E-state index contributed by atoms with van der Waals surface area (Å²) in [4.78, 5) is 15.4. The SMILES string of the molecule is Cc1ccc([Se]c2ccc(C(=O)O)cn2)cc1C12CC3CC(CC(C3)C1)C2. The van der Waals surface area contributed by atoms with Crippen LogP contribution in [0.4, 0.5) is 0 Å². The van der Waals surface area contributed by atoms with Gasteiger partial charge in [-0.2, -0.15) is 0 Å². The molecule has 0 radical (unpaired) electrons. The molecule has 2 aromatic rings. The van der Waals surface area contributed by atoms with Crippen molar-refractivity contribution in [3.8, 4) is 0 Å². The maximum atomic E-state index is 11.0. The van der Waals surface area contributed by atoms with Crippen LogP contribution in [0.1, 0.15) is 60.0 Å². The van der Waals surface area contributed by atoms with E-state index in [0.29, 0.717) is 5.41 Å². The van der Waals surface area contributed by atoms with Crippen molar-refractivity contribution in [3.63, 3.8) is 0 Å². The molecule has 3 nitrogen and oxygen atoms in total. The van der Waals surface area contributed by atoms with Gasteiger partial charge in [-0.25, -0.2) is 0 Å². The minimum atomic E-state index is -0.916. The van der Waals surface area contributed by atoms with Gasteiger partial charge in [0.1, 0.15) is 0 Å². The number of aromatic nitrogens is 1. The molecule has 1 aromatic heterocycles. The molecule has 6 rings (SSSR count). The second-order valence-electron chi connectivity index (χ2n) is 8.97. The average Bonchev–Trinajstić information content (AvgIpc) is 2.62. The van der Waals surface area contributed by atoms with Crippen LogP contribution in [0.5, 0.6) is 0 Å². The van der Waals surface area contributed by atoms with E-state index in [9.17, 15) is 4.79 Å². The molecule has 1 aromatic carbocycles. The Hall–Kier alpha value is -1.64. The number of aromatic carboxylic acids is 1. The molecule has 0 aliphatic heterocycles. The van der Waals surface area contributed by atoms with E-state index >= 15 is 0 Å². The number of benzene rings is 1. The summed E-state index contributed by atoms with van der Waals surface area (Å²) < 4.78 is 2.35. The van der Waals surface area contributed by atoms with Crippen LogP contribution in [0, 0.1) is 24.7 Å². The van der Waals surface area contributed by atoms with Crippen molar-refractivity contribution >= 4 is 30.0 Å². The molecule has 140 valence electrons. The van der Waals surface area contributed by atoms with Crippen LogP contribution < -0.4 is 9.05 Å². The summed E-state index contributed by atoms with van der Waals surface area (Å²) in [5.74, 6) is 1.95. The summed E-state index contributed by atoms with van der Waals surface area (Å²) in [5, 5.41) is 9.05. The molecule has 27 heavy (non-hydrogen) atoms. The van der Waals surface area contributed by atoms with E-state index in [2.05, 4.69) is 30.1 Å². The van der Waals surface area contributed by atoms with E-state index in [4.69, 9.17) is 5.11 Å². The summed E-state index contributed by atoms with van der Waals surface area (Å²) in [6.45, 7) is 2.28. The summed E-state index contributed by atoms with van der Waals surface area (Å²) in [7, 11) is 0. The molecule has 0 unspecified atom stereocenters. The van der Waals surface area contributed by atoms with Crippen LogP contribution in [0.25, 0.3) is 0 Å². The summed E-state index contributed by atoms with van der Waals surface area (Å²) in [6.07, 6.45) is 10.1. The van der Waals surface area contributed by atoms with Gasteiger partial charge in [0.25, 0.3) is 0 Å². The van der Waals surface area contributed by atoms with Gasteiger partial charge in [0.05, 0.1) is 0 Å². The van der Waals surface area contributed by atoms with Crippen LogP contribution in [0.3, 0.4) is 0 Å². The molecule has 4 bridgehead atoms. The first kappa shape index (κ1) is 17.5. The zero-order valence-electron chi connectivity index (χ0n) is 15.6. The van der Waals surface area contributed by atoms with Crippen molar-refractivity contribution in [2.45, 2.75) is 50.9 Å². The van der Waals surface area contributed by atoms with Crippen molar-refractivity contribution in [1.29, 1.82) is 0 Å². The van der Waals surface area contributed by atoms with Gasteiger partial charge >= 0.3 is 167 Å². The molecule has 1 N–H and O–H groups in total. The van der Waals surface area contributed by atoms with Crippen LogP contribution in [0.15, 0.2) is 36.5 Å². The Morgan fingerprint density at radius 1 is 1.07 bits per heavy atom. The van der Waals surface area contributed by atoms with Crippen molar-refractivity contribution in [3.05, 3.63) is 53.2 Å². The quantitative estimate of drug-likeness (QED) is 0.764. The number of hydrogen-bond acceptors (Lipinski definition) is 2. The Morgan fingerprint density at radius 3 is 2.30 bits per heavy atom. The molecule has 4 saturated carbocycles. The van der Waals surface area contributed by atoms with Gasteiger partial charge in [-0.05, 0) is 0 Å². The molecule has 0 atom stereocenters. The van der Waals surface area contributed by atoms with Gasteiger partial charge in [0.15, 0.2) is 0 Å². The fourth-order valence-corrected chi connectivity index (χ4v) is 8.03. The number of carboxylic acids is 1. The maximum absolute atomic E-state index is 11.0. The monoisotopic (exact) mass is 427 g/mol. The van der Waals surface area contributed by atoms with Gasteiger partial charge in [0.2, 0.25) is 0 Å². The number of hydrogen-bond donors (Lipinski definition) is 1. The van der Waals surface area contributed by atoms with E-state index in [1.807, 2.05) is 6.07 Å². The first-order valence-electron chi connectivity index (χ1n) is 9.99. The fraction of sp³-hybridized carbons (Fsp3) is 0.478. The Balaban J connectivity index is 1.44. The summed E-state index contributed by atoms with van der Waals surface area (Å²) in [5.41, 5.74) is 3.73. The predicted molar refractivity (Wildman–Crippen MR) is 107 cm³/mol. The molecular formula is C23H25NO2Se. The van der Waals surface area contributed by atoms with Crippen LogP contribution in [-0.2, 0) is 5.41 Å². The summed E-state index contributed by atoms with van der Waals surface area (Å²) in [6, 6.07) is 10.5. The molecule has 4 aliphatic rings. The van der Waals surface area contributed by atoms with Crippen LogP contribution in [-0.4, -0.2) is 31.0 Å². The van der Waals surface area contributed by atoms with Crippen molar-refractivity contribution in [2.24, 2.45) is 17.8 Å². The standard InChI is InChI=1S/C23H25NO2Se/c1-14-2-4-19(27-21-5-3-18(13-24-21)22(25)26)9-20(14)23-10-15-6-16(11-23)8-17(7-15)12-23/h2-5,9,13,15-17H,6-8,10-12H2,1H3,(H,25,26). The normalized spacial score (nSPS) is 31.2. The van der Waals surface area contributed by atoms with Gasteiger partial charge in [-0.3, -0.25) is 0 Å². The average molecular weight is 426 g/mol. The zero-order chi connectivity index (χ0) is 18.6. The van der Waals surface area contributed by atoms with Gasteiger partial charge in [0, 0.05) is 0 Å². The molecule has 0 saturated heterocycles. The van der Waals surface area contributed by atoms with Gasteiger partial charge in [-0.15, -0.1) is 0 Å². The van der Waals surface area contributed by atoms with E-state index in [-0.39, 0.29) is 20.5 Å². The Kier molecular flexibility index (Phi) is 4.18. The Bertz CT molecular complexity index is 854. The summed E-state index contributed by atoms with van der Waals surface area (Å²) >= 11 is 0.113. The van der Waals surface area contributed by atoms with Crippen LogP contribution >= 0.6 is 0 Å². The van der Waals surface area contributed by atoms with E-state index in [1.165, 1.54) is 54.7 Å². The Morgan fingerprint density at radius 2 is 1.74 bits per heavy atom. The number of aryl methyl sites for hydroxylation is 1. The number of rotatable bonds is 4. The first-order valence-corrected chi connectivity index (χ1v) is 11.7. The minimum absolute atomic E-state index is 0.113. The van der Waals surface area contributed by atoms with E-state index in [1.54, 1.807) is 11.6 Å². The molecule has 1 heterocycles. The third-order valence-corrected chi connectivity index (χ3v) is 9.00. The van der Waals surface area contributed by atoms with Crippen LogP contribution in [0.2, 0.25) is 0 Å². The fourth-order valence-electron chi connectivity index (χ4n) is 6.36. The zero-order valence-corrected chi connectivity index (χ0v) is 17.4. The predicted octanol–water partition coefficient (Wildman–Crippen LogP) is 3.21. The third-order valence-electron chi connectivity index (χ3n) is 7.02. The van der Waals surface area contributed by atoms with Crippen molar-refractivity contribution in [1.82, 2.24) is 4.98 Å². The van der Waals surface area contributed by atoms with E-state index in [0.717, 1.165) is 22.3 Å². The second kappa shape index (κ2) is 6.46. The molecule has 4 fully saturated rings. The van der Waals surface area contributed by atoms with E-state index < -0.39 is 5.97 Å². The van der Waals surface area contributed by atoms with Crippen molar-refractivity contribution in [2.75, 3.05) is 0 Å². The Labute approximate surface area is 166 Å². The number of nitrogens with zero attached hydrogens (tertiary/aromatic N) is 1. The van der Waals surface area contributed by atoms with Crippen molar-refractivity contribution < 1.29 is 9.90 Å². The molecule has 4 heteroatoms. The number of carbonyl (C=O) groups is 1. The molecule has 0 spiro atoms. The van der Waals surface area contributed by atoms with Gasteiger partial charge < -0.3 is 0 Å². The van der Waals surface area contributed by atoms with Gasteiger partial charge in [-0.1, -0.05) is 0 Å². The number of carboxylic acid groups (broad SMARTS) is 1. The molecule has 4 aliphatic carbocycles. The first-order chi connectivity index (χ1) is 13.0. The topological polar surface area (TPSA) is 50.2 Å². The second-order valence-corrected chi connectivity index (χ2v) is 11.3. The third kappa shape index (κ3) is 3.13. The molecular weight excluding hydrogens is 401 g/mol.